The number of aromatic nitrogens is 12. The molecule has 12 heteroatoms. The lowest BCUT2D eigenvalue weighted by Gasteiger charge is -2.16. The minimum atomic E-state index is 0.627. The Morgan fingerprint density at radius 3 is 0.906 bits per heavy atom. The molecule has 8 aromatic heterocycles. The zero-order chi connectivity index (χ0) is 97.8. The van der Waals surface area contributed by atoms with Gasteiger partial charge in [-0.2, -0.15) is 0 Å². The van der Waals surface area contributed by atoms with Crippen LogP contribution in [0.3, 0.4) is 0 Å². The second kappa shape index (κ2) is 34.3. The van der Waals surface area contributed by atoms with Crippen molar-refractivity contribution >= 4 is 119 Å². The summed E-state index contributed by atoms with van der Waals surface area (Å²) in [4.78, 5) is 46.4. The van der Waals surface area contributed by atoms with Crippen LogP contribution in [0.1, 0.15) is 0 Å². The van der Waals surface area contributed by atoms with Crippen LogP contribution in [-0.4, -0.2) is 58.6 Å². The lowest BCUT2D eigenvalue weighted by molar-refractivity contribution is 1.07. The van der Waals surface area contributed by atoms with E-state index in [1.807, 2.05) is 122 Å². The topological polar surface area (TPSA) is 131 Å². The number of benzene rings is 21. The normalized spacial score (nSPS) is 11.9. The fourth-order valence-corrected chi connectivity index (χ4v) is 23.8. The van der Waals surface area contributed by atoms with Gasteiger partial charge < -0.3 is 9.13 Å². The summed E-state index contributed by atoms with van der Waals surface area (Å²) in [5, 5.41) is 19.7. The van der Waals surface area contributed by atoms with Crippen molar-refractivity contribution in [2.75, 3.05) is 0 Å². The first kappa shape index (κ1) is 84.5. The van der Waals surface area contributed by atoms with E-state index in [-0.39, 0.29) is 0 Å². The van der Waals surface area contributed by atoms with Crippen molar-refractivity contribution in [3.63, 3.8) is 0 Å². The third-order valence-corrected chi connectivity index (χ3v) is 30.2. The Kier molecular flexibility index (Phi) is 19.4. The summed E-state index contributed by atoms with van der Waals surface area (Å²) >= 11 is 0. The minimum Gasteiger partial charge on any atom is -0.308 e. The smallest absolute Gasteiger partial charge is 0.166 e. The molecule has 32 rings (SSSR count). The van der Waals surface area contributed by atoms with E-state index < -0.39 is 0 Å². The van der Waals surface area contributed by atoms with Crippen LogP contribution in [0.4, 0.5) is 0 Å². The molecular formula is C137H82N12. The largest absolute Gasteiger partial charge is 0.308 e. The number of hydrogen-bond donors (Lipinski definition) is 0. The molecule has 0 aliphatic heterocycles. The molecule has 0 fully saturated rings. The fraction of sp³-hybridized carbons (Fsp3) is 0. The highest BCUT2D eigenvalue weighted by Crippen LogP contribution is 2.56. The van der Waals surface area contributed by atoms with E-state index in [0.717, 1.165) is 134 Å². The molecule has 0 radical (unpaired) electrons. The molecule has 0 N–H and O–H groups in total. The predicted molar refractivity (Wildman–Crippen MR) is 612 cm³/mol. The molecule has 12 nitrogen and oxygen atoms in total. The van der Waals surface area contributed by atoms with Crippen LogP contribution in [0.25, 0.3) is 305 Å². The van der Waals surface area contributed by atoms with Crippen molar-refractivity contribution in [2.45, 2.75) is 0 Å². The first-order valence-corrected chi connectivity index (χ1v) is 50.5. The van der Waals surface area contributed by atoms with Crippen LogP contribution in [0.2, 0.25) is 0 Å². The molecule has 21 aromatic carbocycles. The summed E-state index contributed by atoms with van der Waals surface area (Å²) in [6, 6.07) is 170. The van der Waals surface area contributed by atoms with Crippen molar-refractivity contribution in [3.05, 3.63) is 498 Å². The highest BCUT2D eigenvalue weighted by atomic mass is 15.1. The van der Waals surface area contributed by atoms with Crippen LogP contribution in [0.15, 0.2) is 498 Å². The summed E-state index contributed by atoms with van der Waals surface area (Å²) in [5.41, 5.74) is 36.1. The van der Waals surface area contributed by atoms with Gasteiger partial charge in [0, 0.05) is 94.6 Å². The molecule has 0 amide bonds. The number of nitrogens with zero attached hydrogens (tertiary/aromatic N) is 12. The summed E-state index contributed by atoms with van der Waals surface area (Å²) in [6.45, 7) is 0. The quantitative estimate of drug-likeness (QED) is 0.110. The lowest BCUT2D eigenvalue weighted by Crippen LogP contribution is -2.04. The second-order valence-electron chi connectivity index (χ2n) is 38.4. The average molecular weight is 1900 g/mol. The summed E-state index contributed by atoms with van der Waals surface area (Å²) in [6.07, 6.45) is 5.66. The molecule has 690 valence electrons. The molecule has 0 atom stereocenters. The van der Waals surface area contributed by atoms with Gasteiger partial charge in [-0.25, -0.2) is 39.9 Å². The SMILES string of the molecule is c1ccc(-c2cc(-c3ccccc3)nc(-c3cccnc3-n3c4cccc5c4c4c6c(cccc6ccc43)-c3ccccc3-5)n2)cc1.c1ccc(-c2cc(-c3ccccc3)nc(-c3ccncc3-n3c4cccc5c4c4c6c(cccc6ccc43)-c3ccccc3-5)n2)cc1.c1ccc(-c2nc(-c3ccccc3-n3c4cccc5c4c4c6c(cccc6ccc43)-c3ccccc3-5)nc(-c3cccc4ccc5ccccc5c34)n2)cc1. The molecule has 29 aromatic rings. The van der Waals surface area contributed by atoms with E-state index in [1.165, 1.54) is 142 Å². The highest BCUT2D eigenvalue weighted by molar-refractivity contribution is 6.34. The number of fused-ring (bicyclic) bond motifs is 12. The Labute approximate surface area is 855 Å². The van der Waals surface area contributed by atoms with Gasteiger partial charge in [0.15, 0.2) is 29.1 Å². The van der Waals surface area contributed by atoms with E-state index >= 15 is 0 Å². The highest BCUT2D eigenvalue weighted by Gasteiger charge is 2.33. The molecule has 0 unspecified atom stereocenters. The van der Waals surface area contributed by atoms with Crippen molar-refractivity contribution in [2.24, 2.45) is 0 Å². The first-order valence-electron chi connectivity index (χ1n) is 50.5. The fourth-order valence-electron chi connectivity index (χ4n) is 23.8. The Balaban J connectivity index is 0.000000103. The maximum Gasteiger partial charge on any atom is 0.166 e. The maximum absolute atomic E-state index is 5.37. The van der Waals surface area contributed by atoms with E-state index in [1.54, 1.807) is 0 Å². The predicted octanol–water partition coefficient (Wildman–Crippen LogP) is 34.6. The third-order valence-electron chi connectivity index (χ3n) is 30.2. The third kappa shape index (κ3) is 13.5. The van der Waals surface area contributed by atoms with Crippen molar-refractivity contribution in [3.8, 4) is 186 Å². The molecule has 0 saturated carbocycles. The summed E-state index contributed by atoms with van der Waals surface area (Å²) in [5.74, 6) is 4.01. The van der Waals surface area contributed by atoms with E-state index in [9.17, 15) is 0 Å². The van der Waals surface area contributed by atoms with Crippen LogP contribution in [0, 0.1) is 0 Å². The van der Waals surface area contributed by atoms with Crippen molar-refractivity contribution < 1.29 is 0 Å². The molecule has 0 spiro atoms. The van der Waals surface area contributed by atoms with Gasteiger partial charge in [0.05, 0.1) is 79.0 Å². The molecule has 8 heterocycles. The summed E-state index contributed by atoms with van der Waals surface area (Å²) in [7, 11) is 0. The van der Waals surface area contributed by atoms with Gasteiger partial charge in [-0.3, -0.25) is 9.55 Å². The van der Waals surface area contributed by atoms with Gasteiger partial charge in [-0.1, -0.05) is 400 Å². The number of pyridine rings is 2. The summed E-state index contributed by atoms with van der Waals surface area (Å²) < 4.78 is 7.10. The maximum atomic E-state index is 5.37. The van der Waals surface area contributed by atoms with Crippen LogP contribution < -0.4 is 0 Å². The van der Waals surface area contributed by atoms with Crippen LogP contribution in [0.5, 0.6) is 0 Å². The van der Waals surface area contributed by atoms with Gasteiger partial charge >= 0.3 is 0 Å². The number of hydrogen-bond acceptors (Lipinski definition) is 9. The molecule has 3 aliphatic rings. The Hall–Kier alpha value is -20.2. The zero-order valence-corrected chi connectivity index (χ0v) is 80.2. The average Bonchev–Trinajstić information content (AvgIpc) is 1.49. The molecule has 149 heavy (non-hydrogen) atoms. The number of para-hydroxylation sites is 1. The van der Waals surface area contributed by atoms with Gasteiger partial charge in [-0.15, -0.1) is 0 Å². The van der Waals surface area contributed by atoms with E-state index in [0.29, 0.717) is 29.1 Å². The second-order valence-corrected chi connectivity index (χ2v) is 38.4. The monoisotopic (exact) mass is 1890 g/mol. The van der Waals surface area contributed by atoms with Gasteiger partial charge in [0.25, 0.3) is 0 Å². The molecular weight excluding hydrogens is 1810 g/mol. The molecule has 0 bridgehead atoms. The zero-order valence-electron chi connectivity index (χ0n) is 80.2. The van der Waals surface area contributed by atoms with Crippen molar-refractivity contribution in [1.82, 2.24) is 58.6 Å². The molecule has 0 saturated heterocycles. The van der Waals surface area contributed by atoms with Crippen LogP contribution >= 0.6 is 0 Å². The Bertz CT molecular complexity index is 10100. The Morgan fingerprint density at radius 2 is 0.450 bits per heavy atom. The van der Waals surface area contributed by atoms with E-state index in [4.69, 9.17) is 39.9 Å². The van der Waals surface area contributed by atoms with Gasteiger partial charge in [-0.05, 0) is 194 Å². The number of rotatable bonds is 12. The van der Waals surface area contributed by atoms with Gasteiger partial charge in [0.1, 0.15) is 5.82 Å². The van der Waals surface area contributed by atoms with Crippen molar-refractivity contribution in [1.29, 1.82) is 0 Å². The standard InChI is InChI=1S/C51H30N4.2C43H26N4/c1-2-14-34(15-3-1)49-52-50(54-51(53-49)41-24-11-16-32-28-27-31-13-4-5-18-35(31)45(32)41)40-21-8-9-25-42(40)55-43-26-12-23-39-37-20-7-6-19-36(37)38-22-10-17-33-29-30-44(55)48(46(33)38)47(39)43;1-3-12-27(13-4-1)35-26-36(28-14-5-2-6-15-28)46-42(45-35)34-21-11-25-44-43(34)47-37-22-10-20-33-31-18-8-7-17-30(31)32-19-9-16-29-23-24-38(47)41(39(29)32)40(33)37;1-3-11-27(12-4-1)35-25-36(28-13-5-2-6-14-28)46-43(45-35)34-23-24-44-26-39(34)47-37-20-10-19-33-31-17-8-7-16-30(31)32-18-9-15-29-21-22-38(47)42(40(29)32)41(33)37/h1-30H;2*1-26H. The van der Waals surface area contributed by atoms with E-state index in [2.05, 4.69) is 395 Å². The Morgan fingerprint density at radius 1 is 0.154 bits per heavy atom. The lowest BCUT2D eigenvalue weighted by atomic mass is 9.93. The van der Waals surface area contributed by atoms with Gasteiger partial charge in [0.2, 0.25) is 0 Å². The van der Waals surface area contributed by atoms with Crippen LogP contribution in [-0.2, 0) is 0 Å². The first-order chi connectivity index (χ1) is 74.0. The minimum absolute atomic E-state index is 0.627. The molecule has 3 aliphatic carbocycles.